The van der Waals surface area contributed by atoms with Crippen LogP contribution in [-0.2, 0) is 0 Å². The molecule has 0 unspecified atom stereocenters. The fraction of sp³-hybridized carbons (Fsp3) is 0.250. The topological polar surface area (TPSA) is 24.9 Å². The van der Waals surface area contributed by atoms with E-state index in [1.807, 2.05) is 0 Å². The Morgan fingerprint density at radius 1 is 0.386 bits per heavy atom. The standard InChI is InChI=1S/C40H44N2O2/c1-5-7-29-43-39-25-21-37(22-26-39)41(33-13-9-31(3)10-14-33)35-17-19-36(20-18-35)42(34-15-11-32(4)12-16-34)38-23-27-40(28-24-38)44-30-8-6-2/h9-28H,5-8,29-30H2,1-4H3. The number of nitrogens with zero attached hydrogens (tertiary/aromatic N) is 2. The summed E-state index contributed by atoms with van der Waals surface area (Å²) >= 11 is 0. The van der Waals surface area contributed by atoms with Gasteiger partial charge in [0.05, 0.1) is 13.2 Å². The molecule has 5 rings (SSSR count). The van der Waals surface area contributed by atoms with E-state index in [4.69, 9.17) is 9.47 Å². The third-order valence-electron chi connectivity index (χ3n) is 7.67. The second-order valence-corrected chi connectivity index (χ2v) is 11.3. The Kier molecular flexibility index (Phi) is 10.6. The van der Waals surface area contributed by atoms with Crippen molar-refractivity contribution in [3.8, 4) is 11.5 Å². The monoisotopic (exact) mass is 584 g/mol. The van der Waals surface area contributed by atoms with Crippen molar-refractivity contribution in [3.63, 3.8) is 0 Å². The summed E-state index contributed by atoms with van der Waals surface area (Å²) in [5, 5.41) is 0. The second-order valence-electron chi connectivity index (χ2n) is 11.3. The van der Waals surface area contributed by atoms with Gasteiger partial charge in [-0.05, 0) is 124 Å². The predicted octanol–water partition coefficient (Wildman–Crippen LogP) is 11.6. The fourth-order valence-corrected chi connectivity index (χ4v) is 5.08. The summed E-state index contributed by atoms with van der Waals surface area (Å²) in [6, 6.07) is 43.0. The molecule has 0 radical (unpaired) electrons. The summed E-state index contributed by atoms with van der Waals surface area (Å²) in [6.07, 6.45) is 4.35. The highest BCUT2D eigenvalue weighted by Crippen LogP contribution is 2.39. The van der Waals surface area contributed by atoms with E-state index in [0.29, 0.717) is 0 Å². The fourth-order valence-electron chi connectivity index (χ4n) is 5.08. The van der Waals surface area contributed by atoms with Gasteiger partial charge in [0.25, 0.3) is 0 Å². The first-order chi connectivity index (χ1) is 21.6. The van der Waals surface area contributed by atoms with Crippen LogP contribution in [0.15, 0.2) is 121 Å². The molecule has 0 heterocycles. The Labute approximate surface area is 263 Å². The minimum atomic E-state index is 0.741. The van der Waals surface area contributed by atoms with Crippen molar-refractivity contribution in [1.82, 2.24) is 0 Å². The van der Waals surface area contributed by atoms with Crippen LogP contribution in [0.4, 0.5) is 34.1 Å². The maximum atomic E-state index is 5.94. The highest BCUT2D eigenvalue weighted by Gasteiger charge is 2.16. The number of unbranched alkanes of at least 4 members (excludes halogenated alkanes) is 2. The summed E-state index contributed by atoms with van der Waals surface area (Å²) in [5.41, 5.74) is 9.02. The zero-order valence-corrected chi connectivity index (χ0v) is 26.5. The average Bonchev–Trinajstić information content (AvgIpc) is 3.05. The van der Waals surface area contributed by atoms with Crippen molar-refractivity contribution >= 4 is 34.1 Å². The summed E-state index contributed by atoms with van der Waals surface area (Å²) in [5.74, 6) is 1.80. The highest BCUT2D eigenvalue weighted by atomic mass is 16.5. The van der Waals surface area contributed by atoms with Crippen molar-refractivity contribution in [2.75, 3.05) is 23.0 Å². The minimum absolute atomic E-state index is 0.741. The third kappa shape index (κ3) is 7.82. The minimum Gasteiger partial charge on any atom is -0.494 e. The largest absolute Gasteiger partial charge is 0.494 e. The third-order valence-corrected chi connectivity index (χ3v) is 7.67. The van der Waals surface area contributed by atoms with Crippen molar-refractivity contribution in [1.29, 1.82) is 0 Å². The number of hydrogen-bond acceptors (Lipinski definition) is 4. The molecule has 0 spiro atoms. The van der Waals surface area contributed by atoms with Crippen molar-refractivity contribution in [2.24, 2.45) is 0 Å². The van der Waals surface area contributed by atoms with Gasteiger partial charge in [0.1, 0.15) is 11.5 Å². The summed E-state index contributed by atoms with van der Waals surface area (Å²) in [4.78, 5) is 4.58. The molecule has 0 saturated heterocycles. The molecule has 0 aliphatic rings. The molecule has 0 aliphatic heterocycles. The van der Waals surface area contributed by atoms with E-state index >= 15 is 0 Å². The molecule has 0 N–H and O–H groups in total. The molecule has 4 nitrogen and oxygen atoms in total. The van der Waals surface area contributed by atoms with E-state index in [9.17, 15) is 0 Å². The maximum absolute atomic E-state index is 5.94. The van der Waals surface area contributed by atoms with Crippen LogP contribution in [0.3, 0.4) is 0 Å². The molecule has 0 fully saturated rings. The lowest BCUT2D eigenvalue weighted by Gasteiger charge is -2.28. The molecule has 0 aromatic heterocycles. The molecular formula is C40H44N2O2. The molecule has 5 aromatic rings. The number of benzene rings is 5. The zero-order chi connectivity index (χ0) is 30.7. The number of rotatable bonds is 14. The Hall–Kier alpha value is -4.70. The van der Waals surface area contributed by atoms with E-state index in [2.05, 4.69) is 159 Å². The van der Waals surface area contributed by atoms with Crippen molar-refractivity contribution < 1.29 is 9.47 Å². The van der Waals surface area contributed by atoms with Crippen LogP contribution in [0.25, 0.3) is 0 Å². The Balaban J connectivity index is 1.48. The van der Waals surface area contributed by atoms with E-state index in [0.717, 1.165) is 84.5 Å². The van der Waals surface area contributed by atoms with Gasteiger partial charge in [0, 0.05) is 34.1 Å². The molecule has 44 heavy (non-hydrogen) atoms. The van der Waals surface area contributed by atoms with E-state index in [-0.39, 0.29) is 0 Å². The highest BCUT2D eigenvalue weighted by molar-refractivity contribution is 5.81. The maximum Gasteiger partial charge on any atom is 0.119 e. The van der Waals surface area contributed by atoms with Gasteiger partial charge in [-0.1, -0.05) is 62.1 Å². The molecule has 0 saturated carbocycles. The average molecular weight is 585 g/mol. The Morgan fingerprint density at radius 3 is 0.909 bits per heavy atom. The van der Waals surface area contributed by atoms with Crippen LogP contribution in [0.2, 0.25) is 0 Å². The normalized spacial score (nSPS) is 10.8. The quantitative estimate of drug-likeness (QED) is 0.121. The number of anilines is 6. The van der Waals surface area contributed by atoms with Crippen LogP contribution in [-0.4, -0.2) is 13.2 Å². The Morgan fingerprint density at radius 2 is 0.636 bits per heavy atom. The SMILES string of the molecule is CCCCOc1ccc(N(c2ccc(C)cc2)c2ccc(N(c3ccc(C)cc3)c3ccc(OCCCC)cc3)cc2)cc1. The van der Waals surface area contributed by atoms with E-state index in [1.165, 1.54) is 11.1 Å². The van der Waals surface area contributed by atoms with Crippen LogP contribution >= 0.6 is 0 Å². The molecule has 4 heteroatoms. The second kappa shape index (κ2) is 15.2. The van der Waals surface area contributed by atoms with Crippen LogP contribution < -0.4 is 19.3 Å². The Bertz CT molecular complexity index is 1440. The van der Waals surface area contributed by atoms with Crippen molar-refractivity contribution in [2.45, 2.75) is 53.4 Å². The lowest BCUT2D eigenvalue weighted by atomic mass is 10.1. The van der Waals surface area contributed by atoms with Gasteiger partial charge in [-0.15, -0.1) is 0 Å². The molecule has 0 bridgehead atoms. The number of hydrogen-bond donors (Lipinski definition) is 0. The van der Waals surface area contributed by atoms with Crippen LogP contribution in [0, 0.1) is 13.8 Å². The molecular weight excluding hydrogens is 540 g/mol. The van der Waals surface area contributed by atoms with Gasteiger partial charge < -0.3 is 19.3 Å². The van der Waals surface area contributed by atoms with Gasteiger partial charge in [-0.3, -0.25) is 0 Å². The first-order valence-corrected chi connectivity index (χ1v) is 15.8. The summed E-state index contributed by atoms with van der Waals surface area (Å²) in [6.45, 7) is 10.1. The number of ether oxygens (including phenoxy) is 2. The molecule has 5 aromatic carbocycles. The van der Waals surface area contributed by atoms with Gasteiger partial charge >= 0.3 is 0 Å². The van der Waals surface area contributed by atoms with Gasteiger partial charge in [-0.2, -0.15) is 0 Å². The lowest BCUT2D eigenvalue weighted by molar-refractivity contribution is 0.309. The van der Waals surface area contributed by atoms with Crippen LogP contribution in [0.5, 0.6) is 11.5 Å². The molecule has 0 aliphatic carbocycles. The summed E-state index contributed by atoms with van der Waals surface area (Å²) in [7, 11) is 0. The smallest absolute Gasteiger partial charge is 0.119 e. The molecule has 226 valence electrons. The van der Waals surface area contributed by atoms with Gasteiger partial charge in [0.15, 0.2) is 0 Å². The number of aryl methyl sites for hydroxylation is 2. The van der Waals surface area contributed by atoms with Gasteiger partial charge in [-0.25, -0.2) is 0 Å². The van der Waals surface area contributed by atoms with E-state index in [1.54, 1.807) is 0 Å². The molecule has 0 amide bonds. The van der Waals surface area contributed by atoms with Crippen molar-refractivity contribution in [3.05, 3.63) is 132 Å². The van der Waals surface area contributed by atoms with E-state index < -0.39 is 0 Å². The van der Waals surface area contributed by atoms with Crippen LogP contribution in [0.1, 0.15) is 50.7 Å². The zero-order valence-electron chi connectivity index (χ0n) is 26.5. The molecule has 0 atom stereocenters. The lowest BCUT2D eigenvalue weighted by Crippen LogP contribution is -2.12. The first-order valence-electron chi connectivity index (χ1n) is 15.8. The summed E-state index contributed by atoms with van der Waals surface area (Å²) < 4.78 is 11.9. The first kappa shape index (κ1) is 30.7. The predicted molar refractivity (Wildman–Crippen MR) is 186 cm³/mol. The van der Waals surface area contributed by atoms with Gasteiger partial charge in [0.2, 0.25) is 0 Å².